The second-order valence-electron chi connectivity index (χ2n) is 7.31. The van der Waals surface area contributed by atoms with E-state index in [2.05, 4.69) is 48.2 Å². The minimum Gasteiger partial charge on any atom is -0.496 e. The van der Waals surface area contributed by atoms with Crippen LogP contribution in [-0.2, 0) is 12.8 Å². The maximum atomic E-state index is 5.38. The molecule has 0 aromatic heterocycles. The number of fused-ring (bicyclic) bond motifs is 1. The van der Waals surface area contributed by atoms with Crippen LogP contribution in [0, 0.1) is 6.92 Å². The van der Waals surface area contributed by atoms with Gasteiger partial charge in [-0.15, -0.1) is 0 Å². The highest BCUT2D eigenvalue weighted by atomic mass is 16.5. The van der Waals surface area contributed by atoms with Crippen molar-refractivity contribution in [1.29, 1.82) is 0 Å². The lowest BCUT2D eigenvalue weighted by Crippen LogP contribution is -2.37. The Hall–Kier alpha value is -1.80. The van der Waals surface area contributed by atoms with Crippen molar-refractivity contribution in [3.05, 3.63) is 53.1 Å². The van der Waals surface area contributed by atoms with Gasteiger partial charge < -0.3 is 9.64 Å². The fourth-order valence-corrected chi connectivity index (χ4v) is 4.39. The van der Waals surface area contributed by atoms with Crippen LogP contribution < -0.4 is 4.74 Å². The summed E-state index contributed by atoms with van der Waals surface area (Å²) >= 11 is 0. The quantitative estimate of drug-likeness (QED) is 0.817. The molecule has 0 saturated carbocycles. The maximum absolute atomic E-state index is 5.38. The standard InChI is InChI=1S/C22H27NO/c1-16-13-17(8-10-22(16)24-2)18-5-6-20-15-21(9-7-19(20)14-18)23-11-3-4-12-23/h5-6,8,10,13-14,21H,3-4,7,9,11-12,15H2,1-2H3. The van der Waals surface area contributed by atoms with Gasteiger partial charge in [0.15, 0.2) is 0 Å². The minimum absolute atomic E-state index is 0.772. The van der Waals surface area contributed by atoms with E-state index in [0.29, 0.717) is 0 Å². The van der Waals surface area contributed by atoms with Gasteiger partial charge in [-0.3, -0.25) is 0 Å². The van der Waals surface area contributed by atoms with Gasteiger partial charge in [-0.2, -0.15) is 0 Å². The lowest BCUT2D eigenvalue weighted by molar-refractivity contribution is 0.222. The highest BCUT2D eigenvalue weighted by Gasteiger charge is 2.26. The van der Waals surface area contributed by atoms with Gasteiger partial charge in [-0.25, -0.2) is 0 Å². The van der Waals surface area contributed by atoms with E-state index in [0.717, 1.165) is 11.8 Å². The summed E-state index contributed by atoms with van der Waals surface area (Å²) in [6.07, 6.45) is 6.55. The molecule has 2 aromatic carbocycles. The van der Waals surface area contributed by atoms with E-state index in [1.54, 1.807) is 18.2 Å². The van der Waals surface area contributed by atoms with Crippen LogP contribution >= 0.6 is 0 Å². The average molecular weight is 321 g/mol. The Labute approximate surface area is 145 Å². The van der Waals surface area contributed by atoms with Gasteiger partial charge in [0.25, 0.3) is 0 Å². The second kappa shape index (κ2) is 6.60. The van der Waals surface area contributed by atoms with Crippen LogP contribution in [0.2, 0.25) is 0 Å². The van der Waals surface area contributed by atoms with E-state index in [1.807, 2.05) is 0 Å². The van der Waals surface area contributed by atoms with Crippen molar-refractivity contribution < 1.29 is 4.74 Å². The van der Waals surface area contributed by atoms with Gasteiger partial charge in [0.1, 0.15) is 5.75 Å². The molecule has 2 aliphatic rings. The average Bonchev–Trinajstić information content (AvgIpc) is 3.15. The summed E-state index contributed by atoms with van der Waals surface area (Å²) < 4.78 is 5.38. The monoisotopic (exact) mass is 321 g/mol. The van der Waals surface area contributed by atoms with Crippen molar-refractivity contribution in [1.82, 2.24) is 4.90 Å². The van der Waals surface area contributed by atoms with Crippen molar-refractivity contribution in [2.24, 2.45) is 0 Å². The lowest BCUT2D eigenvalue weighted by Gasteiger charge is -2.32. The molecule has 2 heteroatoms. The Morgan fingerprint density at radius 1 is 0.958 bits per heavy atom. The van der Waals surface area contributed by atoms with Crippen molar-refractivity contribution in [3.8, 4) is 16.9 Å². The second-order valence-corrected chi connectivity index (χ2v) is 7.31. The predicted octanol–water partition coefficient (Wildman–Crippen LogP) is 4.62. The van der Waals surface area contributed by atoms with Crippen molar-refractivity contribution in [2.75, 3.05) is 20.2 Å². The van der Waals surface area contributed by atoms with Gasteiger partial charge in [0.05, 0.1) is 7.11 Å². The summed E-state index contributed by atoms with van der Waals surface area (Å²) in [4.78, 5) is 2.71. The molecule has 0 spiro atoms. The van der Waals surface area contributed by atoms with Crippen LogP contribution in [0.4, 0.5) is 0 Å². The van der Waals surface area contributed by atoms with Gasteiger partial charge in [-0.1, -0.05) is 24.3 Å². The zero-order valence-corrected chi connectivity index (χ0v) is 14.8. The third-order valence-electron chi connectivity index (χ3n) is 5.79. The molecule has 2 nitrogen and oxygen atoms in total. The molecule has 4 rings (SSSR count). The first-order chi connectivity index (χ1) is 11.7. The van der Waals surface area contributed by atoms with Crippen LogP contribution in [0.3, 0.4) is 0 Å². The van der Waals surface area contributed by atoms with Gasteiger partial charge in [0.2, 0.25) is 0 Å². The zero-order chi connectivity index (χ0) is 16.5. The smallest absolute Gasteiger partial charge is 0.121 e. The molecule has 0 bridgehead atoms. The van der Waals surface area contributed by atoms with Crippen molar-refractivity contribution >= 4 is 0 Å². The van der Waals surface area contributed by atoms with Gasteiger partial charge in [0, 0.05) is 6.04 Å². The number of hydrogen-bond acceptors (Lipinski definition) is 2. The molecule has 1 atom stereocenters. The van der Waals surface area contributed by atoms with Crippen LogP contribution in [0.1, 0.15) is 36.0 Å². The summed E-state index contributed by atoms with van der Waals surface area (Å²) in [5.41, 5.74) is 6.93. The number of methoxy groups -OCH3 is 1. The molecule has 0 radical (unpaired) electrons. The summed E-state index contributed by atoms with van der Waals surface area (Å²) in [5, 5.41) is 0. The Kier molecular flexibility index (Phi) is 4.32. The predicted molar refractivity (Wildman–Crippen MR) is 99.8 cm³/mol. The maximum Gasteiger partial charge on any atom is 0.121 e. The van der Waals surface area contributed by atoms with E-state index in [4.69, 9.17) is 4.74 Å². The number of rotatable bonds is 3. The molecule has 0 N–H and O–H groups in total. The van der Waals surface area contributed by atoms with E-state index in [9.17, 15) is 0 Å². The first-order valence-electron chi connectivity index (χ1n) is 9.25. The number of aryl methyl sites for hydroxylation is 2. The van der Waals surface area contributed by atoms with Gasteiger partial charge in [-0.05, 0) is 92.1 Å². The first-order valence-corrected chi connectivity index (χ1v) is 9.25. The molecule has 1 unspecified atom stereocenters. The van der Waals surface area contributed by atoms with Crippen LogP contribution in [-0.4, -0.2) is 31.1 Å². The van der Waals surface area contributed by atoms with Crippen LogP contribution in [0.15, 0.2) is 36.4 Å². The third-order valence-corrected chi connectivity index (χ3v) is 5.79. The highest BCUT2D eigenvalue weighted by Crippen LogP contribution is 2.32. The molecule has 1 aliphatic heterocycles. The Balaban J connectivity index is 1.57. The van der Waals surface area contributed by atoms with E-state index in [-0.39, 0.29) is 0 Å². The number of nitrogens with zero attached hydrogens (tertiary/aromatic N) is 1. The number of benzene rings is 2. The number of likely N-dealkylation sites (tertiary alicyclic amines) is 1. The molecule has 0 amide bonds. The van der Waals surface area contributed by atoms with E-state index in [1.165, 1.54) is 61.9 Å². The normalized spacial score (nSPS) is 20.8. The number of ether oxygens (including phenoxy) is 1. The van der Waals surface area contributed by atoms with Crippen molar-refractivity contribution in [2.45, 2.75) is 45.1 Å². The highest BCUT2D eigenvalue weighted by molar-refractivity contribution is 5.67. The molecule has 1 saturated heterocycles. The molecule has 24 heavy (non-hydrogen) atoms. The number of hydrogen-bond donors (Lipinski definition) is 0. The Morgan fingerprint density at radius 3 is 2.46 bits per heavy atom. The SMILES string of the molecule is COc1ccc(-c2ccc3c(c2)CCC(N2CCCC2)C3)cc1C. The van der Waals surface area contributed by atoms with E-state index >= 15 is 0 Å². The third kappa shape index (κ3) is 2.95. The summed E-state index contributed by atoms with van der Waals surface area (Å²) in [5.74, 6) is 0.963. The van der Waals surface area contributed by atoms with Crippen LogP contribution in [0.5, 0.6) is 5.75 Å². The largest absolute Gasteiger partial charge is 0.496 e. The van der Waals surface area contributed by atoms with Crippen LogP contribution in [0.25, 0.3) is 11.1 Å². The fourth-order valence-electron chi connectivity index (χ4n) is 4.39. The molecule has 2 aromatic rings. The summed E-state index contributed by atoms with van der Waals surface area (Å²) in [7, 11) is 1.73. The van der Waals surface area contributed by atoms with E-state index < -0.39 is 0 Å². The van der Waals surface area contributed by atoms with Crippen molar-refractivity contribution in [3.63, 3.8) is 0 Å². The van der Waals surface area contributed by atoms with Gasteiger partial charge >= 0.3 is 0 Å². The molecule has 126 valence electrons. The topological polar surface area (TPSA) is 12.5 Å². The molecule has 1 aliphatic carbocycles. The molecule has 1 heterocycles. The molecule has 1 fully saturated rings. The fraction of sp³-hybridized carbons (Fsp3) is 0.455. The molecular formula is C22H27NO. The Bertz CT molecular complexity index is 731. The first kappa shape index (κ1) is 15.7. The zero-order valence-electron chi connectivity index (χ0n) is 14.8. The summed E-state index contributed by atoms with van der Waals surface area (Å²) in [6.45, 7) is 4.73. The minimum atomic E-state index is 0.772. The Morgan fingerprint density at radius 2 is 1.71 bits per heavy atom. The summed E-state index contributed by atoms with van der Waals surface area (Å²) in [6, 6.07) is 14.3. The lowest BCUT2D eigenvalue weighted by atomic mass is 9.85. The molecular weight excluding hydrogens is 294 g/mol.